The van der Waals surface area contributed by atoms with Crippen LogP contribution in [-0.2, 0) is 9.59 Å². The molecule has 0 spiro atoms. The van der Waals surface area contributed by atoms with Crippen molar-refractivity contribution >= 4 is 35.1 Å². The van der Waals surface area contributed by atoms with Gasteiger partial charge >= 0.3 is 5.97 Å². The van der Waals surface area contributed by atoms with Crippen LogP contribution in [0.15, 0.2) is 78.9 Å². The molecule has 0 aliphatic carbocycles. The fourth-order valence-electron chi connectivity index (χ4n) is 2.97. The lowest BCUT2D eigenvalue weighted by Gasteiger charge is -2.19. The number of benzene rings is 3. The monoisotopic (exact) mass is 436 g/mol. The highest BCUT2D eigenvalue weighted by atomic mass is 35.5. The molecule has 3 aromatic rings. The van der Waals surface area contributed by atoms with Crippen LogP contribution in [0.3, 0.4) is 0 Å². The van der Waals surface area contributed by atoms with Crippen LogP contribution < -0.4 is 15.4 Å². The molecule has 2 N–H and O–H groups in total. The average Bonchev–Trinajstić information content (AvgIpc) is 2.75. The fraction of sp³-hybridized carbons (Fsp3) is 0.125. The Morgan fingerprint density at radius 2 is 1.55 bits per heavy atom. The Labute approximate surface area is 185 Å². The number of nitrogens with one attached hydrogen (secondary N) is 2. The second-order valence-electron chi connectivity index (χ2n) is 6.80. The molecule has 6 nitrogen and oxygen atoms in total. The number of ether oxygens (including phenoxy) is 1. The Morgan fingerprint density at radius 3 is 2.19 bits per heavy atom. The van der Waals surface area contributed by atoms with E-state index < -0.39 is 12.0 Å². The van der Waals surface area contributed by atoms with Gasteiger partial charge in [-0.1, -0.05) is 54.1 Å². The van der Waals surface area contributed by atoms with Crippen molar-refractivity contribution in [2.45, 2.75) is 19.4 Å². The van der Waals surface area contributed by atoms with Gasteiger partial charge in [0.25, 0.3) is 5.91 Å². The number of halogens is 1. The summed E-state index contributed by atoms with van der Waals surface area (Å²) >= 11 is 6.13. The van der Waals surface area contributed by atoms with Gasteiger partial charge in [0.1, 0.15) is 5.75 Å². The second kappa shape index (κ2) is 10.4. The van der Waals surface area contributed by atoms with Crippen LogP contribution in [0.5, 0.6) is 5.75 Å². The molecule has 0 aliphatic heterocycles. The van der Waals surface area contributed by atoms with Gasteiger partial charge in [-0.05, 0) is 42.0 Å². The van der Waals surface area contributed by atoms with E-state index >= 15 is 0 Å². The molecule has 0 heterocycles. The molecule has 0 aromatic heterocycles. The van der Waals surface area contributed by atoms with Crippen molar-refractivity contribution in [1.82, 2.24) is 5.32 Å². The molecular formula is C24H21ClN2O4. The maximum Gasteiger partial charge on any atom is 0.313 e. The smallest absolute Gasteiger partial charge is 0.313 e. The molecule has 0 aliphatic rings. The molecule has 31 heavy (non-hydrogen) atoms. The molecule has 1 unspecified atom stereocenters. The van der Waals surface area contributed by atoms with Gasteiger partial charge in [0.2, 0.25) is 5.91 Å². The Hall–Kier alpha value is -3.64. The third-order valence-electron chi connectivity index (χ3n) is 4.40. The SMILES string of the molecule is CC(=O)Nc1ccc(OC(=O)CC(NC(=O)c2ccccc2Cl)c2ccccc2)cc1. The minimum Gasteiger partial charge on any atom is -0.426 e. The summed E-state index contributed by atoms with van der Waals surface area (Å²) < 4.78 is 5.41. The third kappa shape index (κ3) is 6.42. The van der Waals surface area contributed by atoms with Crippen molar-refractivity contribution in [3.63, 3.8) is 0 Å². The standard InChI is InChI=1S/C24H21ClN2O4/c1-16(28)26-18-11-13-19(14-12-18)31-23(29)15-22(17-7-3-2-4-8-17)27-24(30)20-9-5-6-10-21(20)25/h2-14,22H,15H2,1H3,(H,26,28)(H,27,30). The second-order valence-corrected chi connectivity index (χ2v) is 7.21. The normalized spacial score (nSPS) is 11.3. The van der Waals surface area contributed by atoms with Crippen LogP contribution >= 0.6 is 11.6 Å². The Morgan fingerprint density at radius 1 is 0.903 bits per heavy atom. The van der Waals surface area contributed by atoms with Crippen LogP contribution in [0.25, 0.3) is 0 Å². The van der Waals surface area contributed by atoms with Gasteiger partial charge in [0.15, 0.2) is 0 Å². The summed E-state index contributed by atoms with van der Waals surface area (Å²) in [5.41, 5.74) is 1.69. The van der Waals surface area contributed by atoms with Crippen LogP contribution in [0.4, 0.5) is 5.69 Å². The number of amides is 2. The molecule has 0 radical (unpaired) electrons. The van der Waals surface area contributed by atoms with Gasteiger partial charge in [-0.15, -0.1) is 0 Å². The Balaban J connectivity index is 1.71. The summed E-state index contributed by atoms with van der Waals surface area (Å²) in [4.78, 5) is 36.4. The quantitative estimate of drug-likeness (QED) is 0.413. The largest absolute Gasteiger partial charge is 0.426 e. The van der Waals surface area contributed by atoms with Crippen LogP contribution in [0, 0.1) is 0 Å². The maximum absolute atomic E-state index is 12.7. The summed E-state index contributed by atoms with van der Waals surface area (Å²) in [5, 5.41) is 5.84. The number of esters is 1. The summed E-state index contributed by atoms with van der Waals surface area (Å²) in [6.45, 7) is 1.41. The molecule has 158 valence electrons. The molecule has 7 heteroatoms. The molecule has 0 bridgehead atoms. The predicted octanol–water partition coefficient (Wildman–Crippen LogP) is 4.77. The molecule has 0 fully saturated rings. The number of carbonyl (C=O) groups excluding carboxylic acids is 3. The predicted molar refractivity (Wildman–Crippen MR) is 119 cm³/mol. The van der Waals surface area contributed by atoms with Crippen LogP contribution in [0.2, 0.25) is 5.02 Å². The van der Waals surface area contributed by atoms with Crippen molar-refractivity contribution < 1.29 is 19.1 Å². The highest BCUT2D eigenvalue weighted by molar-refractivity contribution is 6.33. The number of rotatable bonds is 7. The lowest BCUT2D eigenvalue weighted by atomic mass is 10.0. The van der Waals surface area contributed by atoms with Crippen molar-refractivity contribution in [3.8, 4) is 5.75 Å². The van der Waals surface area contributed by atoms with Crippen LogP contribution in [0.1, 0.15) is 35.3 Å². The van der Waals surface area contributed by atoms with E-state index in [0.29, 0.717) is 22.0 Å². The van der Waals surface area contributed by atoms with Gasteiger partial charge in [-0.25, -0.2) is 0 Å². The van der Waals surface area contributed by atoms with E-state index in [1.54, 1.807) is 48.5 Å². The molecular weight excluding hydrogens is 416 g/mol. The Kier molecular flexibility index (Phi) is 7.40. The average molecular weight is 437 g/mol. The van der Waals surface area contributed by atoms with Crippen molar-refractivity contribution in [3.05, 3.63) is 95.0 Å². The van der Waals surface area contributed by atoms with Gasteiger partial charge in [-0.3, -0.25) is 14.4 Å². The zero-order valence-corrected chi connectivity index (χ0v) is 17.6. The molecule has 2 amide bonds. The van der Waals surface area contributed by atoms with E-state index in [-0.39, 0.29) is 18.2 Å². The van der Waals surface area contributed by atoms with E-state index in [9.17, 15) is 14.4 Å². The first-order chi connectivity index (χ1) is 14.9. The van der Waals surface area contributed by atoms with Crippen molar-refractivity contribution in [1.29, 1.82) is 0 Å². The zero-order valence-electron chi connectivity index (χ0n) is 16.8. The first-order valence-corrected chi connectivity index (χ1v) is 9.99. The van der Waals surface area contributed by atoms with Gasteiger partial charge in [0.05, 0.1) is 23.0 Å². The van der Waals surface area contributed by atoms with E-state index in [1.165, 1.54) is 6.92 Å². The number of hydrogen-bond acceptors (Lipinski definition) is 4. The van der Waals surface area contributed by atoms with Crippen molar-refractivity contribution in [2.75, 3.05) is 5.32 Å². The fourth-order valence-corrected chi connectivity index (χ4v) is 3.19. The van der Waals surface area contributed by atoms with E-state index in [2.05, 4.69) is 10.6 Å². The summed E-state index contributed by atoms with van der Waals surface area (Å²) in [5.74, 6) is -0.749. The number of hydrogen-bond donors (Lipinski definition) is 2. The molecule has 3 aromatic carbocycles. The van der Waals surface area contributed by atoms with E-state index in [1.807, 2.05) is 30.3 Å². The van der Waals surface area contributed by atoms with Crippen molar-refractivity contribution in [2.24, 2.45) is 0 Å². The minimum atomic E-state index is -0.601. The first kappa shape index (κ1) is 22.1. The van der Waals surface area contributed by atoms with Gasteiger partial charge < -0.3 is 15.4 Å². The first-order valence-electron chi connectivity index (χ1n) is 9.61. The number of carbonyl (C=O) groups is 3. The number of anilines is 1. The van der Waals surface area contributed by atoms with Gasteiger partial charge in [0, 0.05) is 12.6 Å². The van der Waals surface area contributed by atoms with Crippen LogP contribution in [-0.4, -0.2) is 17.8 Å². The van der Waals surface area contributed by atoms with E-state index in [0.717, 1.165) is 5.56 Å². The summed E-state index contributed by atoms with van der Waals surface area (Å²) in [7, 11) is 0. The highest BCUT2D eigenvalue weighted by Gasteiger charge is 2.21. The third-order valence-corrected chi connectivity index (χ3v) is 4.73. The van der Waals surface area contributed by atoms with E-state index in [4.69, 9.17) is 16.3 Å². The topological polar surface area (TPSA) is 84.5 Å². The lowest BCUT2D eigenvalue weighted by Crippen LogP contribution is -2.31. The molecule has 0 saturated carbocycles. The zero-order chi connectivity index (χ0) is 22.2. The molecule has 1 atom stereocenters. The molecule has 0 saturated heterocycles. The highest BCUT2D eigenvalue weighted by Crippen LogP contribution is 2.22. The Bertz CT molecular complexity index is 1070. The minimum absolute atomic E-state index is 0.0757. The summed E-state index contributed by atoms with van der Waals surface area (Å²) in [6.07, 6.45) is -0.0757. The van der Waals surface area contributed by atoms with Gasteiger partial charge in [-0.2, -0.15) is 0 Å². The lowest BCUT2D eigenvalue weighted by molar-refractivity contribution is -0.135. The molecule has 3 rings (SSSR count). The summed E-state index contributed by atoms with van der Waals surface area (Å²) in [6, 6.07) is 21.7. The maximum atomic E-state index is 12.7.